The molecular weight excluding hydrogens is 190 g/mol. The second-order valence-corrected chi connectivity index (χ2v) is 3.96. The van der Waals surface area contributed by atoms with Gasteiger partial charge in [-0.2, -0.15) is 0 Å². The van der Waals surface area contributed by atoms with Gasteiger partial charge >= 0.3 is 0 Å². The average Bonchev–Trinajstić information content (AvgIpc) is 2.79. The van der Waals surface area contributed by atoms with E-state index in [4.69, 9.17) is 0 Å². The quantitative estimate of drug-likeness (QED) is 0.753. The van der Waals surface area contributed by atoms with E-state index in [0.29, 0.717) is 5.69 Å². The third-order valence-corrected chi connectivity index (χ3v) is 3.17. The van der Waals surface area contributed by atoms with Crippen LogP contribution in [0.25, 0.3) is 0 Å². The highest BCUT2D eigenvalue weighted by molar-refractivity contribution is 6.01. The molecule has 1 aromatic rings. The van der Waals surface area contributed by atoms with Crippen LogP contribution in [-0.2, 0) is 0 Å². The highest BCUT2D eigenvalue weighted by atomic mass is 16.1. The molecule has 1 aromatic heterocycles. The first-order valence-corrected chi connectivity index (χ1v) is 5.28. The molecule has 1 fully saturated rings. The molecule has 1 N–H and O–H groups in total. The second kappa shape index (κ2) is 4.06. The van der Waals surface area contributed by atoms with Crippen LogP contribution in [0.4, 0.5) is 0 Å². The van der Waals surface area contributed by atoms with Crippen molar-refractivity contribution in [3.63, 3.8) is 0 Å². The monoisotopic (exact) mass is 205 g/mol. The summed E-state index contributed by atoms with van der Waals surface area (Å²) >= 11 is 0. The molecule has 1 saturated carbocycles. The number of rotatable bonds is 3. The number of Topliss-reactive ketones (excluding diaryl/α,β-unsaturated/α-hetero) is 1. The normalized spacial score (nSPS) is 19.0. The molecule has 0 spiro atoms. The van der Waals surface area contributed by atoms with E-state index in [9.17, 15) is 4.79 Å². The summed E-state index contributed by atoms with van der Waals surface area (Å²) in [6.45, 7) is 0. The maximum absolute atomic E-state index is 12.2. The first kappa shape index (κ1) is 10.2. The number of hydrogen-bond donors (Lipinski definition) is 1. The lowest BCUT2D eigenvalue weighted by Gasteiger charge is -2.26. The number of carbonyl (C=O) groups is 1. The third kappa shape index (κ3) is 1.77. The predicted octanol–water partition coefficient (Wildman–Crippen LogP) is 1.19. The molecule has 2 rings (SSSR count). The summed E-state index contributed by atoms with van der Waals surface area (Å²) in [5, 5.41) is 3.16. The van der Waals surface area contributed by atoms with E-state index in [0.717, 1.165) is 25.7 Å². The van der Waals surface area contributed by atoms with Gasteiger partial charge in [0.2, 0.25) is 5.78 Å². The molecule has 80 valence electrons. The van der Waals surface area contributed by atoms with E-state index in [2.05, 4.69) is 15.3 Å². The zero-order valence-electron chi connectivity index (χ0n) is 8.86. The Balaban J connectivity index is 2.27. The molecule has 15 heavy (non-hydrogen) atoms. The van der Waals surface area contributed by atoms with Crippen molar-refractivity contribution in [2.75, 3.05) is 7.05 Å². The van der Waals surface area contributed by atoms with Crippen molar-refractivity contribution in [3.8, 4) is 0 Å². The van der Waals surface area contributed by atoms with Crippen molar-refractivity contribution in [1.29, 1.82) is 0 Å². The van der Waals surface area contributed by atoms with Gasteiger partial charge in [-0.25, -0.2) is 4.98 Å². The van der Waals surface area contributed by atoms with Gasteiger partial charge in [0, 0.05) is 12.4 Å². The number of ketones is 1. The highest BCUT2D eigenvalue weighted by Crippen LogP contribution is 2.31. The molecule has 1 aliphatic carbocycles. The number of aromatic nitrogens is 2. The molecule has 1 heterocycles. The van der Waals surface area contributed by atoms with Gasteiger partial charge in [-0.3, -0.25) is 9.78 Å². The van der Waals surface area contributed by atoms with Crippen LogP contribution in [0.3, 0.4) is 0 Å². The van der Waals surface area contributed by atoms with Gasteiger partial charge in [-0.15, -0.1) is 0 Å². The molecule has 0 saturated heterocycles. The molecule has 4 nitrogen and oxygen atoms in total. The summed E-state index contributed by atoms with van der Waals surface area (Å²) in [7, 11) is 1.85. The van der Waals surface area contributed by atoms with Crippen LogP contribution in [-0.4, -0.2) is 28.3 Å². The molecular formula is C11H15N3O. The molecule has 0 radical (unpaired) electrons. The Labute approximate surface area is 89.1 Å². The van der Waals surface area contributed by atoms with E-state index in [-0.39, 0.29) is 5.78 Å². The lowest BCUT2D eigenvalue weighted by Crippen LogP contribution is -2.48. The summed E-state index contributed by atoms with van der Waals surface area (Å²) in [6.07, 6.45) is 8.69. The maximum atomic E-state index is 12.2. The minimum absolute atomic E-state index is 0.0793. The molecule has 0 aromatic carbocycles. The van der Waals surface area contributed by atoms with Gasteiger partial charge in [-0.1, -0.05) is 12.8 Å². The van der Waals surface area contributed by atoms with Gasteiger partial charge in [0.25, 0.3) is 0 Å². The van der Waals surface area contributed by atoms with Gasteiger partial charge in [0.15, 0.2) is 0 Å². The minimum atomic E-state index is -0.393. The fraction of sp³-hybridized carbons (Fsp3) is 0.545. The number of carbonyl (C=O) groups excluding carboxylic acids is 1. The summed E-state index contributed by atoms with van der Waals surface area (Å²) in [5.41, 5.74) is 0.0736. The molecule has 1 aliphatic rings. The van der Waals surface area contributed by atoms with Gasteiger partial charge < -0.3 is 5.32 Å². The Morgan fingerprint density at radius 3 is 2.67 bits per heavy atom. The summed E-state index contributed by atoms with van der Waals surface area (Å²) in [5.74, 6) is 0.0793. The topological polar surface area (TPSA) is 54.9 Å². The Kier molecular flexibility index (Phi) is 2.77. The van der Waals surface area contributed by atoms with Crippen LogP contribution in [0.2, 0.25) is 0 Å². The Morgan fingerprint density at radius 1 is 1.40 bits per heavy atom. The summed E-state index contributed by atoms with van der Waals surface area (Å²) in [6, 6.07) is 0. The van der Waals surface area contributed by atoms with E-state index in [1.54, 1.807) is 18.6 Å². The largest absolute Gasteiger partial charge is 0.308 e. The number of hydrogen-bond acceptors (Lipinski definition) is 4. The Morgan fingerprint density at radius 2 is 2.13 bits per heavy atom. The van der Waals surface area contributed by atoms with Crippen molar-refractivity contribution in [3.05, 3.63) is 24.3 Å². The van der Waals surface area contributed by atoms with Gasteiger partial charge in [0.1, 0.15) is 5.69 Å². The lowest BCUT2D eigenvalue weighted by molar-refractivity contribution is 0.0857. The predicted molar refractivity (Wildman–Crippen MR) is 56.6 cm³/mol. The van der Waals surface area contributed by atoms with Crippen LogP contribution in [0.5, 0.6) is 0 Å². The molecule has 0 atom stereocenters. The Hall–Kier alpha value is -1.29. The Bertz CT molecular complexity index is 344. The van der Waals surface area contributed by atoms with Crippen molar-refractivity contribution in [2.45, 2.75) is 31.2 Å². The van der Waals surface area contributed by atoms with Crippen LogP contribution in [0, 0.1) is 0 Å². The lowest BCUT2D eigenvalue weighted by atomic mass is 9.90. The van der Waals surface area contributed by atoms with Crippen LogP contribution in [0.1, 0.15) is 36.2 Å². The van der Waals surface area contributed by atoms with Crippen molar-refractivity contribution in [1.82, 2.24) is 15.3 Å². The van der Waals surface area contributed by atoms with Crippen LogP contribution >= 0.6 is 0 Å². The van der Waals surface area contributed by atoms with Crippen molar-refractivity contribution in [2.24, 2.45) is 0 Å². The van der Waals surface area contributed by atoms with Crippen LogP contribution in [0.15, 0.2) is 18.6 Å². The highest BCUT2D eigenvalue weighted by Gasteiger charge is 2.40. The zero-order chi connectivity index (χ0) is 10.7. The number of likely N-dealkylation sites (N-methyl/N-ethyl adjacent to an activating group) is 1. The fourth-order valence-corrected chi connectivity index (χ4v) is 2.23. The molecule has 0 aliphatic heterocycles. The zero-order valence-corrected chi connectivity index (χ0v) is 8.86. The van der Waals surface area contributed by atoms with Gasteiger partial charge in [-0.05, 0) is 19.9 Å². The van der Waals surface area contributed by atoms with E-state index >= 15 is 0 Å². The van der Waals surface area contributed by atoms with Crippen molar-refractivity contribution < 1.29 is 4.79 Å². The smallest absolute Gasteiger partial charge is 0.202 e. The number of nitrogens with zero attached hydrogens (tertiary/aromatic N) is 2. The van der Waals surface area contributed by atoms with Crippen LogP contribution < -0.4 is 5.32 Å². The minimum Gasteiger partial charge on any atom is -0.308 e. The van der Waals surface area contributed by atoms with E-state index in [1.165, 1.54) is 0 Å². The summed E-state index contributed by atoms with van der Waals surface area (Å²) < 4.78 is 0. The first-order valence-electron chi connectivity index (χ1n) is 5.28. The molecule has 4 heteroatoms. The average molecular weight is 205 g/mol. The van der Waals surface area contributed by atoms with Gasteiger partial charge in [0.05, 0.1) is 11.7 Å². The molecule has 0 bridgehead atoms. The second-order valence-electron chi connectivity index (χ2n) is 3.96. The fourth-order valence-electron chi connectivity index (χ4n) is 2.23. The molecule has 0 amide bonds. The SMILES string of the molecule is CNC1(C(=O)c2cnccn2)CCCC1. The van der Waals surface area contributed by atoms with E-state index < -0.39 is 5.54 Å². The maximum Gasteiger partial charge on any atom is 0.202 e. The summed E-state index contributed by atoms with van der Waals surface area (Å²) in [4.78, 5) is 20.2. The molecule has 0 unspecified atom stereocenters. The third-order valence-electron chi connectivity index (χ3n) is 3.17. The van der Waals surface area contributed by atoms with E-state index in [1.807, 2.05) is 7.05 Å². The number of nitrogens with one attached hydrogen (secondary N) is 1. The van der Waals surface area contributed by atoms with Crippen molar-refractivity contribution >= 4 is 5.78 Å². The first-order chi connectivity index (χ1) is 7.28. The standard InChI is InChI=1S/C11H15N3O/c1-12-11(4-2-3-5-11)10(15)9-8-13-6-7-14-9/h6-8,12H,2-5H2,1H3.